The first-order valence-corrected chi connectivity index (χ1v) is 15.3. The lowest BCUT2D eigenvalue weighted by Gasteiger charge is -2.39. The van der Waals surface area contributed by atoms with Gasteiger partial charge in [-0.3, -0.25) is 4.79 Å². The van der Waals surface area contributed by atoms with Gasteiger partial charge < -0.3 is 35.0 Å². The normalized spacial score (nSPS) is 18.6. The number of aromatic nitrogens is 1. The van der Waals surface area contributed by atoms with Gasteiger partial charge in [0.2, 0.25) is 0 Å². The van der Waals surface area contributed by atoms with E-state index in [1.165, 1.54) is 0 Å². The van der Waals surface area contributed by atoms with E-state index in [1.807, 2.05) is 76.8 Å². The van der Waals surface area contributed by atoms with Crippen LogP contribution in [0.15, 0.2) is 58.6 Å². The number of fused-ring (bicyclic) bond motifs is 1. The molecule has 2 radical (unpaired) electrons. The van der Waals surface area contributed by atoms with Crippen LogP contribution in [0.4, 0.5) is 10.5 Å². The van der Waals surface area contributed by atoms with Crippen LogP contribution in [0, 0.1) is 0 Å². The Morgan fingerprint density at radius 1 is 1.25 bits per heavy atom. The Hall–Kier alpha value is -4.15. The topological polar surface area (TPSA) is 111 Å². The van der Waals surface area contributed by atoms with Crippen LogP contribution >= 0.6 is 0 Å². The van der Waals surface area contributed by atoms with Crippen LogP contribution in [0.3, 0.4) is 0 Å². The molecular weight excluding hydrogens is 555 g/mol. The minimum absolute atomic E-state index is 0.102. The summed E-state index contributed by atoms with van der Waals surface area (Å²) in [6.45, 7) is 13.6. The molecule has 2 aromatic rings. The van der Waals surface area contributed by atoms with Crippen molar-refractivity contribution >= 4 is 42.1 Å². The minimum Gasteiger partial charge on any atom is -0.494 e. The number of ether oxygens (including phenoxy) is 2. The monoisotopic (exact) mass is 600 g/mol. The van der Waals surface area contributed by atoms with Crippen LogP contribution < -0.4 is 15.6 Å². The lowest BCUT2D eigenvalue weighted by Crippen LogP contribution is -2.48. The first kappa shape index (κ1) is 32.8. The summed E-state index contributed by atoms with van der Waals surface area (Å²) in [6, 6.07) is 5.99. The molecule has 0 spiro atoms. The van der Waals surface area contributed by atoms with Gasteiger partial charge in [-0.05, 0) is 83.1 Å². The number of allylic oxidation sites excluding steroid dienone is 4. The van der Waals surface area contributed by atoms with Gasteiger partial charge in [0.1, 0.15) is 11.4 Å². The summed E-state index contributed by atoms with van der Waals surface area (Å²) in [4.78, 5) is 34.2. The molecule has 2 heterocycles. The summed E-state index contributed by atoms with van der Waals surface area (Å²) in [5, 5.41) is 8.27. The van der Waals surface area contributed by atoms with E-state index < -0.39 is 5.60 Å². The molecule has 44 heavy (non-hydrogen) atoms. The molecule has 2 aliphatic rings. The van der Waals surface area contributed by atoms with Crippen LogP contribution in [-0.4, -0.2) is 80.9 Å². The number of methoxy groups -OCH3 is 1. The average Bonchev–Trinajstić information content (AvgIpc) is 3.43. The smallest absolute Gasteiger partial charge is 0.410 e. The molecule has 1 fully saturated rings. The minimum atomic E-state index is -0.537. The van der Waals surface area contributed by atoms with E-state index in [0.717, 1.165) is 53.8 Å². The Labute approximate surface area is 262 Å². The first-order chi connectivity index (χ1) is 20.9. The van der Waals surface area contributed by atoms with Gasteiger partial charge in [0.05, 0.1) is 37.4 Å². The number of nitrogens with zero attached hydrogens (tertiary/aromatic N) is 3. The van der Waals surface area contributed by atoms with E-state index in [0.29, 0.717) is 29.3 Å². The summed E-state index contributed by atoms with van der Waals surface area (Å²) in [5.74, 6) is -0.00747. The van der Waals surface area contributed by atoms with E-state index >= 15 is 0 Å². The van der Waals surface area contributed by atoms with Gasteiger partial charge in [0.25, 0.3) is 5.91 Å². The standard InChI is InChI=1S/C33H45BN6O4/c1-9-21-17-27(29(43-8)19-26(21)38-35-7)37-31(41)23-11-12-28(24-18-25(20(3)34)36-30(23)24)39-15-13-22(14-16-39)40(10-2)32(42)44-33(4,5)6/h9,11-12,17-20,22,35-36H,10,13-16H2,1-8H3,(H,37,41)/b21-9-,38-26-/t20-/m0/s1. The number of rotatable bonds is 8. The maximum Gasteiger partial charge on any atom is 0.410 e. The number of piperidine rings is 1. The fourth-order valence-electron chi connectivity index (χ4n) is 5.70. The SMILES string of the molecule is [B][C@@H](C)c1cc2c(N3CCC(N(CC)C(=O)OC(C)(C)C)CC3)ccc(C(=O)NC3=CC(=C/C)/C(=N\NC)C=C3OC)c2[nH]1. The third kappa shape index (κ3) is 7.14. The van der Waals surface area contributed by atoms with Gasteiger partial charge in [0, 0.05) is 55.6 Å². The van der Waals surface area contributed by atoms with E-state index in [9.17, 15) is 9.59 Å². The fraction of sp³-hybridized carbons (Fsp3) is 0.485. The summed E-state index contributed by atoms with van der Waals surface area (Å²) in [6.07, 6.45) is 6.92. The number of amides is 2. The molecule has 1 saturated heterocycles. The number of aromatic amines is 1. The van der Waals surface area contributed by atoms with Crippen LogP contribution in [-0.2, 0) is 9.47 Å². The molecule has 2 amide bonds. The number of H-pyrrole nitrogens is 1. The molecule has 1 aliphatic carbocycles. The van der Waals surface area contributed by atoms with Crippen molar-refractivity contribution in [3.63, 3.8) is 0 Å². The zero-order valence-corrected chi connectivity index (χ0v) is 27.2. The highest BCUT2D eigenvalue weighted by atomic mass is 16.6. The van der Waals surface area contributed by atoms with Crippen molar-refractivity contribution in [3.8, 4) is 0 Å². The van der Waals surface area contributed by atoms with Crippen molar-refractivity contribution in [1.29, 1.82) is 0 Å². The molecule has 4 rings (SSSR count). The molecule has 1 aliphatic heterocycles. The second kappa shape index (κ2) is 13.7. The van der Waals surface area contributed by atoms with E-state index in [4.69, 9.17) is 17.3 Å². The van der Waals surface area contributed by atoms with Crippen LogP contribution in [0.1, 0.15) is 76.3 Å². The lowest BCUT2D eigenvalue weighted by molar-refractivity contribution is 0.0149. The largest absolute Gasteiger partial charge is 0.494 e. The van der Waals surface area contributed by atoms with Crippen molar-refractivity contribution in [2.24, 2.45) is 5.10 Å². The number of carbonyl (C=O) groups is 2. The van der Waals surface area contributed by atoms with E-state index in [2.05, 4.69) is 25.7 Å². The average molecular weight is 601 g/mol. The van der Waals surface area contributed by atoms with E-state index in [1.54, 1.807) is 20.2 Å². The second-order valence-electron chi connectivity index (χ2n) is 12.1. The number of anilines is 1. The predicted molar refractivity (Wildman–Crippen MR) is 177 cm³/mol. The molecule has 0 saturated carbocycles. The quantitative estimate of drug-likeness (QED) is 0.280. The molecule has 0 unspecified atom stereocenters. The highest BCUT2D eigenvalue weighted by Crippen LogP contribution is 2.34. The second-order valence-corrected chi connectivity index (χ2v) is 12.1. The zero-order chi connectivity index (χ0) is 32.2. The Morgan fingerprint density at radius 2 is 1.95 bits per heavy atom. The molecule has 3 N–H and O–H groups in total. The van der Waals surface area contributed by atoms with Gasteiger partial charge in [-0.15, -0.1) is 0 Å². The number of benzene rings is 1. The Balaban J connectivity index is 1.60. The molecule has 11 heteroatoms. The van der Waals surface area contributed by atoms with Gasteiger partial charge in [-0.2, -0.15) is 5.10 Å². The van der Waals surface area contributed by atoms with Crippen LogP contribution in [0.25, 0.3) is 10.9 Å². The Kier molecular flexibility index (Phi) is 10.2. The van der Waals surface area contributed by atoms with Crippen molar-refractivity contribution < 1.29 is 19.1 Å². The summed E-state index contributed by atoms with van der Waals surface area (Å²) in [5.41, 5.74) is 7.47. The van der Waals surface area contributed by atoms with Crippen LogP contribution in [0.2, 0.25) is 0 Å². The van der Waals surface area contributed by atoms with Gasteiger partial charge in [-0.25, -0.2) is 4.79 Å². The molecule has 1 aromatic heterocycles. The molecule has 234 valence electrons. The molecule has 10 nitrogen and oxygen atoms in total. The van der Waals surface area contributed by atoms with E-state index in [-0.39, 0.29) is 23.9 Å². The van der Waals surface area contributed by atoms with Crippen molar-refractivity contribution in [2.75, 3.05) is 38.7 Å². The highest BCUT2D eigenvalue weighted by Gasteiger charge is 2.31. The molecule has 0 bridgehead atoms. The lowest BCUT2D eigenvalue weighted by atomic mass is 9.87. The number of nitrogens with one attached hydrogen (secondary N) is 3. The number of carbonyl (C=O) groups excluding carboxylic acids is 2. The molecule has 1 aromatic carbocycles. The van der Waals surface area contributed by atoms with Gasteiger partial charge >= 0.3 is 6.09 Å². The summed E-state index contributed by atoms with van der Waals surface area (Å²) in [7, 11) is 9.57. The summed E-state index contributed by atoms with van der Waals surface area (Å²) >= 11 is 0. The number of hydrogen-bond acceptors (Lipinski definition) is 7. The maximum absolute atomic E-state index is 13.8. The van der Waals surface area contributed by atoms with Crippen LogP contribution in [0.5, 0.6) is 0 Å². The third-order valence-corrected chi connectivity index (χ3v) is 7.88. The zero-order valence-electron chi connectivity index (χ0n) is 27.2. The number of hydrazone groups is 1. The Morgan fingerprint density at radius 3 is 2.52 bits per heavy atom. The third-order valence-electron chi connectivity index (χ3n) is 7.88. The Bertz CT molecular complexity index is 1510. The number of hydrogen-bond donors (Lipinski definition) is 3. The first-order valence-electron chi connectivity index (χ1n) is 15.3. The van der Waals surface area contributed by atoms with Crippen molar-refractivity contribution in [1.82, 2.24) is 20.6 Å². The van der Waals surface area contributed by atoms with Gasteiger partial charge in [-0.1, -0.05) is 13.0 Å². The van der Waals surface area contributed by atoms with Gasteiger partial charge in [0.15, 0.2) is 0 Å². The summed E-state index contributed by atoms with van der Waals surface area (Å²) < 4.78 is 11.2. The predicted octanol–water partition coefficient (Wildman–Crippen LogP) is 5.30. The van der Waals surface area contributed by atoms with Crippen molar-refractivity contribution in [3.05, 3.63) is 64.7 Å². The fourth-order valence-corrected chi connectivity index (χ4v) is 5.70. The maximum atomic E-state index is 13.8. The van der Waals surface area contributed by atoms with Crippen molar-refractivity contribution in [2.45, 2.75) is 71.8 Å². The highest BCUT2D eigenvalue weighted by molar-refractivity contribution is 6.15. The molecular formula is C33H45BN6O4. The molecule has 1 atom stereocenters.